The third-order valence-electron chi connectivity index (χ3n) is 4.25. The molecule has 1 saturated heterocycles. The molecule has 1 aromatic heterocycles. The molecule has 0 saturated carbocycles. The number of rotatable bonds is 4. The number of piperidine rings is 1. The van der Waals surface area contributed by atoms with Crippen LogP contribution in [0.2, 0.25) is 0 Å². The molecule has 2 atom stereocenters. The Morgan fingerprint density at radius 2 is 2.06 bits per heavy atom. The van der Waals surface area contributed by atoms with Gasteiger partial charge in [0.2, 0.25) is 0 Å². The first-order valence-electron chi connectivity index (χ1n) is 6.87. The van der Waals surface area contributed by atoms with Gasteiger partial charge in [-0.05, 0) is 39.3 Å². The fourth-order valence-electron chi connectivity index (χ4n) is 2.77. The molecule has 1 fully saturated rings. The molecule has 4 nitrogen and oxygen atoms in total. The maximum Gasteiger partial charge on any atom is 0.115 e. The fourth-order valence-corrected chi connectivity index (χ4v) is 2.77. The van der Waals surface area contributed by atoms with Gasteiger partial charge in [0.1, 0.15) is 6.10 Å². The van der Waals surface area contributed by atoms with E-state index in [4.69, 9.17) is 0 Å². The lowest BCUT2D eigenvalue weighted by Crippen LogP contribution is -2.52. The van der Waals surface area contributed by atoms with Gasteiger partial charge in [-0.1, -0.05) is 13.3 Å². The lowest BCUT2D eigenvalue weighted by Gasteiger charge is -2.45. The first-order chi connectivity index (χ1) is 8.68. The van der Waals surface area contributed by atoms with Crippen molar-refractivity contribution in [3.63, 3.8) is 0 Å². The molecule has 0 aliphatic carbocycles. The highest BCUT2D eigenvalue weighted by atomic mass is 16.3. The second-order valence-corrected chi connectivity index (χ2v) is 5.29. The summed E-state index contributed by atoms with van der Waals surface area (Å²) < 4.78 is 0. The van der Waals surface area contributed by atoms with E-state index < -0.39 is 6.10 Å². The average molecular weight is 249 g/mol. The third-order valence-corrected chi connectivity index (χ3v) is 4.25. The van der Waals surface area contributed by atoms with Gasteiger partial charge in [-0.15, -0.1) is 0 Å². The Kier molecular flexibility index (Phi) is 4.30. The Morgan fingerprint density at radius 1 is 1.33 bits per heavy atom. The van der Waals surface area contributed by atoms with Crippen molar-refractivity contribution >= 4 is 0 Å². The lowest BCUT2D eigenvalue weighted by molar-refractivity contribution is -0.0373. The number of hydrogen-bond acceptors (Lipinski definition) is 4. The van der Waals surface area contributed by atoms with Crippen molar-refractivity contribution in [2.75, 3.05) is 13.1 Å². The van der Waals surface area contributed by atoms with E-state index in [1.165, 1.54) is 19.3 Å². The summed E-state index contributed by atoms with van der Waals surface area (Å²) >= 11 is 0. The molecule has 1 aliphatic rings. The first kappa shape index (κ1) is 13.4. The van der Waals surface area contributed by atoms with Gasteiger partial charge in [-0.3, -0.25) is 14.9 Å². The predicted molar refractivity (Wildman–Crippen MR) is 71.1 cm³/mol. The molecular formula is C14H23N3O. The van der Waals surface area contributed by atoms with Crippen molar-refractivity contribution in [3.05, 3.63) is 24.3 Å². The Balaban J connectivity index is 2.20. The SMILES string of the molecule is CCC(C)(C(O)c1cnccn1)N1CCCCC1. The number of aliphatic hydroxyl groups excluding tert-OH is 1. The van der Waals surface area contributed by atoms with Gasteiger partial charge in [0.25, 0.3) is 0 Å². The first-order valence-corrected chi connectivity index (χ1v) is 6.87. The van der Waals surface area contributed by atoms with Crippen LogP contribution in [-0.4, -0.2) is 38.6 Å². The van der Waals surface area contributed by atoms with Crippen molar-refractivity contribution in [3.8, 4) is 0 Å². The Morgan fingerprint density at radius 3 is 2.61 bits per heavy atom. The molecule has 2 heterocycles. The van der Waals surface area contributed by atoms with Gasteiger partial charge in [-0.2, -0.15) is 0 Å². The third kappa shape index (κ3) is 2.54. The highest BCUT2D eigenvalue weighted by Crippen LogP contribution is 2.34. The molecule has 0 aromatic carbocycles. The van der Waals surface area contributed by atoms with Crippen LogP contribution in [0.15, 0.2) is 18.6 Å². The monoisotopic (exact) mass is 249 g/mol. The summed E-state index contributed by atoms with van der Waals surface area (Å²) in [6.45, 7) is 6.41. The van der Waals surface area contributed by atoms with Gasteiger partial charge in [-0.25, -0.2) is 0 Å². The van der Waals surface area contributed by atoms with Gasteiger partial charge in [0.05, 0.1) is 11.9 Å². The quantitative estimate of drug-likeness (QED) is 0.888. The average Bonchev–Trinajstić information content (AvgIpc) is 2.47. The normalized spacial score (nSPS) is 22.4. The topological polar surface area (TPSA) is 49.3 Å². The van der Waals surface area contributed by atoms with E-state index >= 15 is 0 Å². The van der Waals surface area contributed by atoms with Crippen LogP contribution in [0.5, 0.6) is 0 Å². The second kappa shape index (κ2) is 5.76. The molecule has 100 valence electrons. The summed E-state index contributed by atoms with van der Waals surface area (Å²) in [5.41, 5.74) is 0.434. The summed E-state index contributed by atoms with van der Waals surface area (Å²) in [4.78, 5) is 10.7. The molecule has 0 spiro atoms. The molecule has 0 amide bonds. The fraction of sp³-hybridized carbons (Fsp3) is 0.714. The number of likely N-dealkylation sites (tertiary alicyclic amines) is 1. The van der Waals surface area contributed by atoms with Crippen LogP contribution in [0.1, 0.15) is 51.3 Å². The molecule has 0 bridgehead atoms. The van der Waals surface area contributed by atoms with Gasteiger partial charge in [0, 0.05) is 17.9 Å². The largest absolute Gasteiger partial charge is 0.385 e. The molecule has 1 aromatic rings. The Hall–Kier alpha value is -1.00. The van der Waals surface area contributed by atoms with Gasteiger partial charge in [0.15, 0.2) is 0 Å². The summed E-state index contributed by atoms with van der Waals surface area (Å²) in [6.07, 6.45) is 9.04. The van der Waals surface area contributed by atoms with Crippen LogP contribution in [0.3, 0.4) is 0 Å². The van der Waals surface area contributed by atoms with Crippen LogP contribution in [-0.2, 0) is 0 Å². The minimum atomic E-state index is -0.575. The summed E-state index contributed by atoms with van der Waals surface area (Å²) in [5.74, 6) is 0. The second-order valence-electron chi connectivity index (χ2n) is 5.29. The number of aromatic nitrogens is 2. The van der Waals surface area contributed by atoms with E-state index in [-0.39, 0.29) is 5.54 Å². The summed E-state index contributed by atoms with van der Waals surface area (Å²) in [6, 6.07) is 0. The molecule has 2 rings (SSSR count). The van der Waals surface area contributed by atoms with E-state index in [1.807, 2.05) is 0 Å². The molecule has 0 radical (unpaired) electrons. The van der Waals surface area contributed by atoms with E-state index in [0.717, 1.165) is 19.5 Å². The highest BCUT2D eigenvalue weighted by molar-refractivity contribution is 5.08. The molecular weight excluding hydrogens is 226 g/mol. The van der Waals surface area contributed by atoms with Crippen molar-refractivity contribution < 1.29 is 5.11 Å². The van der Waals surface area contributed by atoms with Crippen molar-refractivity contribution in [1.82, 2.24) is 14.9 Å². The van der Waals surface area contributed by atoms with Crippen LogP contribution >= 0.6 is 0 Å². The predicted octanol–water partition coefficient (Wildman–Crippen LogP) is 2.16. The molecule has 18 heavy (non-hydrogen) atoms. The van der Waals surface area contributed by atoms with E-state index in [2.05, 4.69) is 28.7 Å². The summed E-state index contributed by atoms with van der Waals surface area (Å²) in [7, 11) is 0. The smallest absolute Gasteiger partial charge is 0.115 e. The van der Waals surface area contributed by atoms with Gasteiger partial charge >= 0.3 is 0 Å². The van der Waals surface area contributed by atoms with Crippen LogP contribution in [0.25, 0.3) is 0 Å². The maximum absolute atomic E-state index is 10.6. The number of aliphatic hydroxyl groups is 1. The molecule has 1 N–H and O–H groups in total. The van der Waals surface area contributed by atoms with Crippen LogP contribution in [0, 0.1) is 0 Å². The summed E-state index contributed by atoms with van der Waals surface area (Å²) in [5, 5.41) is 10.6. The highest BCUT2D eigenvalue weighted by Gasteiger charge is 2.39. The molecule has 1 aliphatic heterocycles. The van der Waals surface area contributed by atoms with Gasteiger partial charge < -0.3 is 5.11 Å². The van der Waals surface area contributed by atoms with Crippen molar-refractivity contribution in [1.29, 1.82) is 0 Å². The standard InChI is InChI=1S/C14H23N3O/c1-3-14(2,17-9-5-4-6-10-17)13(18)12-11-15-7-8-16-12/h7-8,11,13,18H,3-6,9-10H2,1-2H3. The zero-order chi connectivity index (χ0) is 13.0. The minimum absolute atomic E-state index is 0.240. The minimum Gasteiger partial charge on any atom is -0.385 e. The maximum atomic E-state index is 10.6. The lowest BCUT2D eigenvalue weighted by atomic mass is 9.86. The van der Waals surface area contributed by atoms with Crippen LogP contribution < -0.4 is 0 Å². The van der Waals surface area contributed by atoms with E-state index in [0.29, 0.717) is 5.69 Å². The number of nitrogens with zero attached hydrogens (tertiary/aromatic N) is 3. The zero-order valence-electron chi connectivity index (χ0n) is 11.3. The van der Waals surface area contributed by atoms with Crippen LogP contribution in [0.4, 0.5) is 0 Å². The number of hydrogen-bond donors (Lipinski definition) is 1. The van der Waals surface area contributed by atoms with Crippen molar-refractivity contribution in [2.24, 2.45) is 0 Å². The Labute approximate surface area is 109 Å². The zero-order valence-corrected chi connectivity index (χ0v) is 11.3. The van der Waals surface area contributed by atoms with Crippen molar-refractivity contribution in [2.45, 2.75) is 51.2 Å². The molecule has 4 heteroatoms. The molecule has 2 unspecified atom stereocenters. The Bertz CT molecular complexity index is 365. The van der Waals surface area contributed by atoms with E-state index in [9.17, 15) is 5.11 Å². The van der Waals surface area contributed by atoms with E-state index in [1.54, 1.807) is 18.6 Å².